The number of ketones is 1. The Morgan fingerprint density at radius 2 is 1.72 bits per heavy atom. The lowest BCUT2D eigenvalue weighted by molar-refractivity contribution is -0.118. The van der Waals surface area contributed by atoms with Crippen molar-refractivity contribution in [3.05, 3.63) is 35.4 Å². The van der Waals surface area contributed by atoms with Gasteiger partial charge < -0.3 is 0 Å². The molecule has 0 N–H and O–H groups in total. The standard InChI is InChI=1S/C17H26O/c1-4-5-6-7-8-17(18)13-15-9-11-16(12-10-15)14(2)3/h9-12,14H,4-8,13H2,1-3H3. The van der Waals surface area contributed by atoms with Crippen LogP contribution in [-0.4, -0.2) is 5.78 Å². The number of rotatable bonds is 8. The summed E-state index contributed by atoms with van der Waals surface area (Å²) >= 11 is 0. The predicted octanol–water partition coefficient (Wildman–Crippen LogP) is 4.89. The Labute approximate surface area is 112 Å². The molecular formula is C17H26O. The van der Waals surface area contributed by atoms with Gasteiger partial charge in [0.2, 0.25) is 0 Å². The van der Waals surface area contributed by atoms with E-state index in [1.165, 1.54) is 24.8 Å². The molecule has 0 saturated heterocycles. The highest BCUT2D eigenvalue weighted by Crippen LogP contribution is 2.15. The highest BCUT2D eigenvalue weighted by Gasteiger charge is 2.04. The summed E-state index contributed by atoms with van der Waals surface area (Å²) in [5, 5.41) is 0. The zero-order valence-corrected chi connectivity index (χ0v) is 12.0. The van der Waals surface area contributed by atoms with Crippen molar-refractivity contribution in [3.63, 3.8) is 0 Å². The predicted molar refractivity (Wildman–Crippen MR) is 78.0 cm³/mol. The van der Waals surface area contributed by atoms with E-state index in [0.29, 0.717) is 18.1 Å². The number of hydrogen-bond donors (Lipinski definition) is 0. The lowest BCUT2D eigenvalue weighted by Gasteiger charge is -2.06. The average molecular weight is 246 g/mol. The van der Waals surface area contributed by atoms with Crippen LogP contribution in [0, 0.1) is 0 Å². The number of Topliss-reactive ketones (excluding diaryl/α,β-unsaturated/α-hetero) is 1. The minimum Gasteiger partial charge on any atom is -0.299 e. The van der Waals surface area contributed by atoms with E-state index in [4.69, 9.17) is 0 Å². The molecule has 1 aromatic rings. The second kappa shape index (κ2) is 8.07. The number of carbonyl (C=O) groups is 1. The summed E-state index contributed by atoms with van der Waals surface area (Å²) in [4.78, 5) is 11.8. The zero-order chi connectivity index (χ0) is 13.4. The first-order valence-electron chi connectivity index (χ1n) is 7.24. The molecule has 0 aliphatic heterocycles. The van der Waals surface area contributed by atoms with Gasteiger partial charge in [-0.1, -0.05) is 64.3 Å². The van der Waals surface area contributed by atoms with Gasteiger partial charge in [-0.15, -0.1) is 0 Å². The molecule has 0 atom stereocenters. The molecule has 0 heterocycles. The number of carbonyl (C=O) groups excluding carboxylic acids is 1. The smallest absolute Gasteiger partial charge is 0.137 e. The Morgan fingerprint density at radius 3 is 2.28 bits per heavy atom. The van der Waals surface area contributed by atoms with E-state index >= 15 is 0 Å². The molecule has 1 heteroatoms. The van der Waals surface area contributed by atoms with Crippen molar-refractivity contribution < 1.29 is 4.79 Å². The van der Waals surface area contributed by atoms with E-state index in [2.05, 4.69) is 45.0 Å². The molecule has 0 aliphatic rings. The lowest BCUT2D eigenvalue weighted by atomic mass is 9.99. The van der Waals surface area contributed by atoms with E-state index in [0.717, 1.165) is 18.4 Å². The van der Waals surface area contributed by atoms with Crippen molar-refractivity contribution in [2.75, 3.05) is 0 Å². The van der Waals surface area contributed by atoms with Crippen LogP contribution in [0.5, 0.6) is 0 Å². The van der Waals surface area contributed by atoms with E-state index in [1.54, 1.807) is 0 Å². The van der Waals surface area contributed by atoms with Crippen molar-refractivity contribution in [2.45, 2.75) is 65.2 Å². The quantitative estimate of drug-likeness (QED) is 0.597. The van der Waals surface area contributed by atoms with Crippen LogP contribution < -0.4 is 0 Å². The van der Waals surface area contributed by atoms with Gasteiger partial charge in [0, 0.05) is 12.8 Å². The molecule has 0 fully saturated rings. The SMILES string of the molecule is CCCCCCC(=O)Cc1ccc(C(C)C)cc1. The maximum atomic E-state index is 11.8. The lowest BCUT2D eigenvalue weighted by Crippen LogP contribution is -2.02. The van der Waals surface area contributed by atoms with Crippen LogP contribution in [0.15, 0.2) is 24.3 Å². The molecule has 100 valence electrons. The number of unbranched alkanes of at least 4 members (excludes halogenated alkanes) is 3. The second-order valence-corrected chi connectivity index (χ2v) is 5.42. The molecule has 0 aromatic heterocycles. The van der Waals surface area contributed by atoms with Gasteiger partial charge in [0.1, 0.15) is 5.78 Å². The molecule has 0 amide bonds. The molecule has 1 nitrogen and oxygen atoms in total. The zero-order valence-electron chi connectivity index (χ0n) is 12.0. The van der Waals surface area contributed by atoms with Gasteiger partial charge in [-0.3, -0.25) is 4.79 Å². The van der Waals surface area contributed by atoms with Gasteiger partial charge in [0.05, 0.1) is 0 Å². The third kappa shape index (κ3) is 5.48. The molecular weight excluding hydrogens is 220 g/mol. The summed E-state index contributed by atoms with van der Waals surface area (Å²) in [6.45, 7) is 6.57. The van der Waals surface area contributed by atoms with Crippen LogP contribution >= 0.6 is 0 Å². The Morgan fingerprint density at radius 1 is 1.06 bits per heavy atom. The highest BCUT2D eigenvalue weighted by molar-refractivity contribution is 5.80. The van der Waals surface area contributed by atoms with Crippen LogP contribution in [-0.2, 0) is 11.2 Å². The molecule has 0 aliphatic carbocycles. The first-order chi connectivity index (χ1) is 8.63. The normalized spacial score (nSPS) is 10.9. The summed E-state index contributed by atoms with van der Waals surface area (Å²) < 4.78 is 0. The topological polar surface area (TPSA) is 17.1 Å². The first-order valence-corrected chi connectivity index (χ1v) is 7.24. The van der Waals surface area contributed by atoms with Gasteiger partial charge in [-0.25, -0.2) is 0 Å². The van der Waals surface area contributed by atoms with Crippen molar-refractivity contribution in [1.29, 1.82) is 0 Å². The minimum absolute atomic E-state index is 0.378. The van der Waals surface area contributed by atoms with Crippen LogP contribution in [0.3, 0.4) is 0 Å². The molecule has 1 rings (SSSR count). The average Bonchev–Trinajstić information content (AvgIpc) is 2.35. The van der Waals surface area contributed by atoms with Gasteiger partial charge in [0.25, 0.3) is 0 Å². The Balaban J connectivity index is 2.35. The summed E-state index contributed by atoms with van der Waals surface area (Å²) in [7, 11) is 0. The van der Waals surface area contributed by atoms with Crippen molar-refractivity contribution in [1.82, 2.24) is 0 Å². The third-order valence-corrected chi connectivity index (χ3v) is 3.36. The summed E-state index contributed by atoms with van der Waals surface area (Å²) in [5.74, 6) is 0.937. The largest absolute Gasteiger partial charge is 0.299 e. The Bertz CT molecular complexity index is 348. The van der Waals surface area contributed by atoms with Crippen LogP contribution in [0.25, 0.3) is 0 Å². The fraction of sp³-hybridized carbons (Fsp3) is 0.588. The molecule has 18 heavy (non-hydrogen) atoms. The van der Waals surface area contributed by atoms with Gasteiger partial charge in [0.15, 0.2) is 0 Å². The fourth-order valence-electron chi connectivity index (χ4n) is 2.09. The van der Waals surface area contributed by atoms with Crippen LogP contribution in [0.4, 0.5) is 0 Å². The van der Waals surface area contributed by atoms with Gasteiger partial charge >= 0.3 is 0 Å². The first kappa shape index (κ1) is 14.9. The number of hydrogen-bond acceptors (Lipinski definition) is 1. The molecule has 0 saturated carbocycles. The monoisotopic (exact) mass is 246 g/mol. The van der Waals surface area contributed by atoms with Crippen molar-refractivity contribution in [3.8, 4) is 0 Å². The molecule has 0 bridgehead atoms. The van der Waals surface area contributed by atoms with Crippen molar-refractivity contribution >= 4 is 5.78 Å². The third-order valence-electron chi connectivity index (χ3n) is 3.36. The van der Waals surface area contributed by atoms with Crippen LogP contribution in [0.1, 0.15) is 69.9 Å². The van der Waals surface area contributed by atoms with E-state index in [-0.39, 0.29) is 0 Å². The minimum atomic E-state index is 0.378. The summed E-state index contributed by atoms with van der Waals surface area (Å²) in [6.07, 6.45) is 6.06. The van der Waals surface area contributed by atoms with E-state index < -0.39 is 0 Å². The van der Waals surface area contributed by atoms with Gasteiger partial charge in [-0.05, 0) is 23.5 Å². The summed E-state index contributed by atoms with van der Waals surface area (Å²) in [5.41, 5.74) is 2.49. The summed E-state index contributed by atoms with van der Waals surface area (Å²) in [6, 6.07) is 8.48. The molecule has 0 unspecified atom stereocenters. The van der Waals surface area contributed by atoms with E-state index in [9.17, 15) is 4.79 Å². The van der Waals surface area contributed by atoms with Crippen molar-refractivity contribution in [2.24, 2.45) is 0 Å². The second-order valence-electron chi connectivity index (χ2n) is 5.42. The van der Waals surface area contributed by atoms with Crippen LogP contribution in [0.2, 0.25) is 0 Å². The molecule has 0 radical (unpaired) electrons. The maximum absolute atomic E-state index is 11.8. The van der Waals surface area contributed by atoms with E-state index in [1.807, 2.05) is 0 Å². The Kier molecular flexibility index (Phi) is 6.70. The van der Waals surface area contributed by atoms with Gasteiger partial charge in [-0.2, -0.15) is 0 Å². The molecule has 0 spiro atoms. The molecule has 1 aromatic carbocycles. The fourth-order valence-corrected chi connectivity index (χ4v) is 2.09. The highest BCUT2D eigenvalue weighted by atomic mass is 16.1. The number of benzene rings is 1. The maximum Gasteiger partial charge on any atom is 0.137 e. The Hall–Kier alpha value is -1.11.